The van der Waals surface area contributed by atoms with Gasteiger partial charge in [-0.2, -0.15) is 8.78 Å². The fourth-order valence-corrected chi connectivity index (χ4v) is 2.32. The van der Waals surface area contributed by atoms with Gasteiger partial charge in [0.15, 0.2) is 0 Å². The van der Waals surface area contributed by atoms with Crippen molar-refractivity contribution in [3.8, 4) is 5.75 Å². The number of nitrogens with one attached hydrogen (secondary N) is 2. The molecule has 1 unspecified atom stereocenters. The highest BCUT2D eigenvalue weighted by molar-refractivity contribution is 6.32. The molecule has 0 bridgehead atoms. The zero-order valence-corrected chi connectivity index (χ0v) is 11.4. The highest BCUT2D eigenvalue weighted by Crippen LogP contribution is 2.29. The molecule has 2 N–H and O–H groups in total. The van der Waals surface area contributed by atoms with E-state index in [1.165, 1.54) is 18.2 Å². The number of piperidine rings is 1. The number of hydrogen-bond donors (Lipinski definition) is 2. The summed E-state index contributed by atoms with van der Waals surface area (Å²) in [6, 6.07) is 4.19. The molecule has 1 aliphatic rings. The molecule has 4 nitrogen and oxygen atoms in total. The van der Waals surface area contributed by atoms with E-state index in [0.717, 1.165) is 19.4 Å². The number of rotatable bonds is 4. The number of benzene rings is 1. The van der Waals surface area contributed by atoms with Crippen LogP contribution in [0, 0.1) is 5.92 Å². The van der Waals surface area contributed by atoms with E-state index in [0.29, 0.717) is 12.2 Å². The lowest BCUT2D eigenvalue weighted by Gasteiger charge is -2.22. The Morgan fingerprint density at radius 1 is 1.50 bits per heavy atom. The standard InChI is InChI=1S/C13H15ClF2N2O2/c14-10-6-9(3-4-11(10)20-13(15)16)18-12(19)8-2-1-5-17-7-8/h3-4,6,8,13,17H,1-2,5,7H2,(H,18,19). The first-order valence-corrected chi connectivity index (χ1v) is 6.70. The molecule has 1 saturated heterocycles. The maximum absolute atomic E-state index is 12.1. The fourth-order valence-electron chi connectivity index (χ4n) is 2.09. The molecule has 0 saturated carbocycles. The molecule has 7 heteroatoms. The molecule has 1 aromatic rings. The summed E-state index contributed by atoms with van der Waals surface area (Å²) in [4.78, 5) is 12.0. The first-order valence-electron chi connectivity index (χ1n) is 6.32. The van der Waals surface area contributed by atoms with Gasteiger partial charge in [0.2, 0.25) is 5.91 Å². The number of alkyl halides is 2. The van der Waals surface area contributed by atoms with Gasteiger partial charge < -0.3 is 15.4 Å². The van der Waals surface area contributed by atoms with Crippen LogP contribution in [0.25, 0.3) is 0 Å². The van der Waals surface area contributed by atoms with Crippen LogP contribution in [-0.4, -0.2) is 25.6 Å². The summed E-state index contributed by atoms with van der Waals surface area (Å²) >= 11 is 5.82. The van der Waals surface area contributed by atoms with Gasteiger partial charge in [-0.3, -0.25) is 4.79 Å². The minimum atomic E-state index is -2.93. The molecule has 1 atom stereocenters. The minimum Gasteiger partial charge on any atom is -0.433 e. The van der Waals surface area contributed by atoms with Crippen LogP contribution >= 0.6 is 11.6 Å². The highest BCUT2D eigenvalue weighted by Gasteiger charge is 2.21. The van der Waals surface area contributed by atoms with Gasteiger partial charge in [-0.05, 0) is 37.6 Å². The van der Waals surface area contributed by atoms with Gasteiger partial charge in [-0.15, -0.1) is 0 Å². The topological polar surface area (TPSA) is 50.4 Å². The van der Waals surface area contributed by atoms with Crippen molar-refractivity contribution in [2.75, 3.05) is 18.4 Å². The van der Waals surface area contributed by atoms with Crippen molar-refractivity contribution >= 4 is 23.2 Å². The summed E-state index contributed by atoms with van der Waals surface area (Å²) in [6.07, 6.45) is 1.79. The first-order chi connectivity index (χ1) is 9.56. The van der Waals surface area contributed by atoms with Gasteiger partial charge in [0.25, 0.3) is 0 Å². The molecule has 20 heavy (non-hydrogen) atoms. The molecule has 0 aromatic heterocycles. The number of amides is 1. The van der Waals surface area contributed by atoms with Crippen molar-refractivity contribution in [1.82, 2.24) is 5.32 Å². The maximum atomic E-state index is 12.1. The Labute approximate surface area is 120 Å². The molecule has 1 amide bonds. The Balaban J connectivity index is 1.99. The van der Waals surface area contributed by atoms with E-state index in [1.807, 2.05) is 0 Å². The van der Waals surface area contributed by atoms with Crippen molar-refractivity contribution < 1.29 is 18.3 Å². The Kier molecular flexibility index (Phi) is 5.14. The summed E-state index contributed by atoms with van der Waals surface area (Å²) in [5.74, 6) is -0.297. The van der Waals surface area contributed by atoms with Crippen LogP contribution in [-0.2, 0) is 4.79 Å². The number of ether oxygens (including phenoxy) is 1. The number of carbonyl (C=O) groups is 1. The second kappa shape index (κ2) is 6.85. The number of halogens is 3. The van der Waals surface area contributed by atoms with Crippen molar-refractivity contribution in [3.05, 3.63) is 23.2 Å². The smallest absolute Gasteiger partial charge is 0.387 e. The summed E-state index contributed by atoms with van der Waals surface area (Å²) in [5.41, 5.74) is 0.465. The van der Waals surface area contributed by atoms with Gasteiger partial charge in [0, 0.05) is 12.2 Å². The van der Waals surface area contributed by atoms with Crippen LogP contribution in [0.2, 0.25) is 5.02 Å². The van der Waals surface area contributed by atoms with Crippen molar-refractivity contribution in [1.29, 1.82) is 0 Å². The Bertz CT molecular complexity index is 479. The van der Waals surface area contributed by atoms with Gasteiger partial charge in [0.05, 0.1) is 10.9 Å². The number of carbonyl (C=O) groups excluding carboxylic acids is 1. The molecule has 110 valence electrons. The van der Waals surface area contributed by atoms with Crippen LogP contribution in [0.3, 0.4) is 0 Å². The molecule has 1 aromatic carbocycles. The predicted molar refractivity (Wildman–Crippen MR) is 72.3 cm³/mol. The van der Waals surface area contributed by atoms with Crippen LogP contribution in [0.4, 0.5) is 14.5 Å². The molecular formula is C13H15ClF2N2O2. The van der Waals surface area contributed by atoms with Crippen molar-refractivity contribution in [2.24, 2.45) is 5.92 Å². The first kappa shape index (κ1) is 15.0. The van der Waals surface area contributed by atoms with Crippen LogP contribution < -0.4 is 15.4 Å². The Hall–Kier alpha value is -1.40. The van der Waals surface area contributed by atoms with E-state index in [4.69, 9.17) is 11.6 Å². The lowest BCUT2D eigenvalue weighted by molar-refractivity contribution is -0.120. The SMILES string of the molecule is O=C(Nc1ccc(OC(F)F)c(Cl)c1)C1CCCNC1. The molecule has 1 aliphatic heterocycles. The second-order valence-electron chi connectivity index (χ2n) is 4.56. The quantitative estimate of drug-likeness (QED) is 0.899. The maximum Gasteiger partial charge on any atom is 0.387 e. The van der Waals surface area contributed by atoms with Crippen molar-refractivity contribution in [2.45, 2.75) is 19.5 Å². The molecule has 0 radical (unpaired) electrons. The number of anilines is 1. The predicted octanol–water partition coefficient (Wildman–Crippen LogP) is 2.88. The van der Waals surface area contributed by atoms with Gasteiger partial charge >= 0.3 is 6.61 Å². The van der Waals surface area contributed by atoms with E-state index in [9.17, 15) is 13.6 Å². The summed E-state index contributed by atoms with van der Waals surface area (Å²) in [5, 5.41) is 5.91. The van der Waals surface area contributed by atoms with E-state index in [2.05, 4.69) is 15.4 Å². The fraction of sp³-hybridized carbons (Fsp3) is 0.462. The number of hydrogen-bond acceptors (Lipinski definition) is 3. The monoisotopic (exact) mass is 304 g/mol. The summed E-state index contributed by atoms with van der Waals surface area (Å²) < 4.78 is 28.4. The summed E-state index contributed by atoms with van der Waals surface area (Å²) in [7, 11) is 0. The lowest BCUT2D eigenvalue weighted by atomic mass is 9.99. The molecule has 1 fully saturated rings. The Morgan fingerprint density at radius 3 is 2.90 bits per heavy atom. The van der Waals surface area contributed by atoms with Crippen LogP contribution in [0.15, 0.2) is 18.2 Å². The zero-order valence-electron chi connectivity index (χ0n) is 10.7. The van der Waals surface area contributed by atoms with Gasteiger partial charge in [-0.25, -0.2) is 0 Å². The molecule has 1 heterocycles. The third kappa shape index (κ3) is 4.05. The lowest BCUT2D eigenvalue weighted by Crippen LogP contribution is -2.37. The average molecular weight is 305 g/mol. The zero-order chi connectivity index (χ0) is 14.5. The molecular weight excluding hydrogens is 290 g/mol. The third-order valence-electron chi connectivity index (χ3n) is 3.08. The largest absolute Gasteiger partial charge is 0.433 e. The minimum absolute atomic E-state index is 0.0323. The van der Waals surface area contributed by atoms with Gasteiger partial charge in [-0.1, -0.05) is 11.6 Å². The Morgan fingerprint density at radius 2 is 2.30 bits per heavy atom. The second-order valence-corrected chi connectivity index (χ2v) is 4.96. The highest BCUT2D eigenvalue weighted by atomic mass is 35.5. The van der Waals surface area contributed by atoms with Crippen LogP contribution in [0.1, 0.15) is 12.8 Å². The molecule has 2 rings (SSSR count). The summed E-state index contributed by atoms with van der Waals surface area (Å²) in [6.45, 7) is -1.36. The van der Waals surface area contributed by atoms with E-state index >= 15 is 0 Å². The molecule has 0 aliphatic carbocycles. The van der Waals surface area contributed by atoms with Crippen molar-refractivity contribution in [3.63, 3.8) is 0 Å². The molecule has 0 spiro atoms. The van der Waals surface area contributed by atoms with Gasteiger partial charge in [0.1, 0.15) is 5.75 Å². The van der Waals surface area contributed by atoms with Crippen LogP contribution in [0.5, 0.6) is 5.75 Å². The normalized spacial score (nSPS) is 18.9. The third-order valence-corrected chi connectivity index (χ3v) is 3.38. The average Bonchev–Trinajstić information content (AvgIpc) is 2.42. The van der Waals surface area contributed by atoms with E-state index in [1.54, 1.807) is 0 Å². The van der Waals surface area contributed by atoms with E-state index in [-0.39, 0.29) is 22.6 Å². The van der Waals surface area contributed by atoms with E-state index < -0.39 is 6.61 Å².